The summed E-state index contributed by atoms with van der Waals surface area (Å²) in [7, 11) is 7.16. The van der Waals surface area contributed by atoms with Crippen molar-refractivity contribution in [3.05, 3.63) is 59.7 Å². The van der Waals surface area contributed by atoms with Gasteiger partial charge in [-0.15, -0.1) is 24.0 Å². The third-order valence-electron chi connectivity index (χ3n) is 3.80. The van der Waals surface area contributed by atoms with Crippen molar-refractivity contribution in [1.29, 1.82) is 0 Å². The lowest BCUT2D eigenvalue weighted by Crippen LogP contribution is -2.38. The van der Waals surface area contributed by atoms with Crippen LogP contribution in [-0.4, -0.2) is 39.2 Å². The van der Waals surface area contributed by atoms with Crippen LogP contribution >= 0.6 is 24.0 Å². The van der Waals surface area contributed by atoms with E-state index in [1.165, 1.54) is 0 Å². The van der Waals surface area contributed by atoms with Crippen molar-refractivity contribution < 1.29 is 9.47 Å². The van der Waals surface area contributed by atoms with Gasteiger partial charge in [0.25, 0.3) is 0 Å². The molecule has 5 nitrogen and oxygen atoms in total. The number of halogens is 1. The van der Waals surface area contributed by atoms with Crippen LogP contribution < -0.4 is 14.8 Å². The lowest BCUT2D eigenvalue weighted by molar-refractivity contribution is 0.395. The van der Waals surface area contributed by atoms with Crippen molar-refractivity contribution in [1.82, 2.24) is 10.2 Å². The molecule has 25 heavy (non-hydrogen) atoms. The summed E-state index contributed by atoms with van der Waals surface area (Å²) < 4.78 is 10.8. The molecular formula is C19H26IN3O2. The number of benzene rings is 2. The van der Waals surface area contributed by atoms with Gasteiger partial charge < -0.3 is 19.7 Å². The number of para-hydroxylation sites is 2. The molecule has 6 heteroatoms. The summed E-state index contributed by atoms with van der Waals surface area (Å²) in [4.78, 5) is 6.42. The van der Waals surface area contributed by atoms with E-state index in [1.54, 1.807) is 21.3 Å². The Labute approximate surface area is 167 Å². The highest BCUT2D eigenvalue weighted by molar-refractivity contribution is 14.0. The van der Waals surface area contributed by atoms with Crippen molar-refractivity contribution in [2.24, 2.45) is 4.99 Å². The predicted molar refractivity (Wildman–Crippen MR) is 113 cm³/mol. The first-order chi connectivity index (χ1) is 11.7. The van der Waals surface area contributed by atoms with Gasteiger partial charge in [-0.3, -0.25) is 4.99 Å². The molecule has 0 heterocycles. The lowest BCUT2D eigenvalue weighted by Gasteiger charge is -2.23. The first-order valence-corrected chi connectivity index (χ1v) is 7.85. The predicted octanol–water partition coefficient (Wildman–Crippen LogP) is 3.53. The molecule has 0 aliphatic rings. The monoisotopic (exact) mass is 455 g/mol. The largest absolute Gasteiger partial charge is 0.496 e. The standard InChI is InChI=1S/C19H25N3O2.HI/c1-20-19(21-13-15-9-5-7-11-17(15)23-3)22(2)14-16-10-6-8-12-18(16)24-4;/h5-12H,13-14H2,1-4H3,(H,20,21);1H. The van der Waals surface area contributed by atoms with Crippen LogP contribution in [0.25, 0.3) is 0 Å². The molecule has 0 atom stereocenters. The molecule has 0 fully saturated rings. The third kappa shape index (κ3) is 5.81. The topological polar surface area (TPSA) is 46.1 Å². The number of aliphatic imine (C=N–C) groups is 1. The summed E-state index contributed by atoms with van der Waals surface area (Å²) in [5, 5.41) is 3.37. The summed E-state index contributed by atoms with van der Waals surface area (Å²) in [5.74, 6) is 2.56. The maximum atomic E-state index is 5.42. The van der Waals surface area contributed by atoms with Gasteiger partial charge in [-0.25, -0.2) is 0 Å². The number of hydrogen-bond acceptors (Lipinski definition) is 3. The molecule has 0 amide bonds. The summed E-state index contributed by atoms with van der Waals surface area (Å²) >= 11 is 0. The average molecular weight is 455 g/mol. The molecule has 1 N–H and O–H groups in total. The smallest absolute Gasteiger partial charge is 0.193 e. The number of hydrogen-bond donors (Lipinski definition) is 1. The second-order valence-corrected chi connectivity index (χ2v) is 5.38. The summed E-state index contributed by atoms with van der Waals surface area (Å²) in [6.07, 6.45) is 0. The lowest BCUT2D eigenvalue weighted by atomic mass is 10.2. The molecule has 0 bridgehead atoms. The molecule has 2 rings (SSSR count). The number of ether oxygens (including phenoxy) is 2. The zero-order chi connectivity index (χ0) is 17.4. The Balaban J connectivity index is 0.00000312. The normalized spacial score (nSPS) is 10.6. The Bertz CT molecular complexity index is 692. The Kier molecular flexibility index (Phi) is 9.12. The van der Waals surface area contributed by atoms with Crippen molar-refractivity contribution in [3.8, 4) is 11.5 Å². The average Bonchev–Trinajstić information content (AvgIpc) is 2.63. The van der Waals surface area contributed by atoms with E-state index < -0.39 is 0 Å². The van der Waals surface area contributed by atoms with E-state index in [2.05, 4.69) is 21.3 Å². The van der Waals surface area contributed by atoms with Gasteiger partial charge in [-0.2, -0.15) is 0 Å². The number of guanidine groups is 1. The zero-order valence-corrected chi connectivity index (χ0v) is 17.5. The number of nitrogens with one attached hydrogen (secondary N) is 1. The van der Waals surface area contributed by atoms with E-state index in [1.807, 2.05) is 49.5 Å². The first kappa shape index (κ1) is 21.1. The maximum absolute atomic E-state index is 5.42. The van der Waals surface area contributed by atoms with Crippen LogP contribution in [0.4, 0.5) is 0 Å². The minimum absolute atomic E-state index is 0. The molecule has 2 aromatic rings. The fourth-order valence-electron chi connectivity index (χ4n) is 2.57. The summed E-state index contributed by atoms with van der Waals surface area (Å²) in [6.45, 7) is 1.35. The van der Waals surface area contributed by atoms with Gasteiger partial charge in [0, 0.05) is 38.3 Å². The van der Waals surface area contributed by atoms with Crippen molar-refractivity contribution in [3.63, 3.8) is 0 Å². The highest BCUT2D eigenvalue weighted by Gasteiger charge is 2.10. The second-order valence-electron chi connectivity index (χ2n) is 5.38. The van der Waals surface area contributed by atoms with Crippen LogP contribution in [0, 0.1) is 0 Å². The van der Waals surface area contributed by atoms with Gasteiger partial charge in [-0.05, 0) is 12.1 Å². The molecule has 0 unspecified atom stereocenters. The minimum atomic E-state index is 0. The van der Waals surface area contributed by atoms with Crippen molar-refractivity contribution >= 4 is 29.9 Å². The van der Waals surface area contributed by atoms with Crippen LogP contribution in [0.15, 0.2) is 53.5 Å². The van der Waals surface area contributed by atoms with E-state index >= 15 is 0 Å². The van der Waals surface area contributed by atoms with Crippen LogP contribution in [0.3, 0.4) is 0 Å². The molecule has 136 valence electrons. The van der Waals surface area contributed by atoms with Gasteiger partial charge in [0.05, 0.1) is 14.2 Å². The van der Waals surface area contributed by atoms with E-state index in [9.17, 15) is 0 Å². The Morgan fingerprint density at radius 3 is 2.04 bits per heavy atom. The SMILES string of the molecule is CN=C(NCc1ccccc1OC)N(C)Cc1ccccc1OC.I. The second kappa shape index (κ2) is 10.8. The molecule has 0 radical (unpaired) electrons. The Hall–Kier alpha value is -1.96. The van der Waals surface area contributed by atoms with Gasteiger partial charge in [0.15, 0.2) is 5.96 Å². The van der Waals surface area contributed by atoms with Crippen LogP contribution in [0.2, 0.25) is 0 Å². The van der Waals surface area contributed by atoms with Crippen LogP contribution in [0.1, 0.15) is 11.1 Å². The van der Waals surface area contributed by atoms with Gasteiger partial charge >= 0.3 is 0 Å². The molecule has 2 aromatic carbocycles. The highest BCUT2D eigenvalue weighted by Crippen LogP contribution is 2.19. The fourth-order valence-corrected chi connectivity index (χ4v) is 2.57. The van der Waals surface area contributed by atoms with E-state index in [0.717, 1.165) is 28.6 Å². The Morgan fingerprint density at radius 1 is 0.960 bits per heavy atom. The quantitative estimate of drug-likeness (QED) is 0.412. The third-order valence-corrected chi connectivity index (χ3v) is 3.80. The maximum Gasteiger partial charge on any atom is 0.193 e. The molecule has 0 saturated carbocycles. The molecule has 0 aromatic heterocycles. The number of rotatable bonds is 6. The van der Waals surface area contributed by atoms with Crippen molar-refractivity contribution in [2.45, 2.75) is 13.1 Å². The number of methoxy groups -OCH3 is 2. The van der Waals surface area contributed by atoms with E-state index in [0.29, 0.717) is 13.1 Å². The van der Waals surface area contributed by atoms with Crippen molar-refractivity contribution in [2.75, 3.05) is 28.3 Å². The van der Waals surface area contributed by atoms with Gasteiger partial charge in [-0.1, -0.05) is 36.4 Å². The summed E-state index contributed by atoms with van der Waals surface area (Å²) in [5.41, 5.74) is 2.20. The van der Waals surface area contributed by atoms with E-state index in [4.69, 9.17) is 9.47 Å². The first-order valence-electron chi connectivity index (χ1n) is 7.85. The van der Waals surface area contributed by atoms with E-state index in [-0.39, 0.29) is 24.0 Å². The Morgan fingerprint density at radius 2 is 1.48 bits per heavy atom. The molecule has 0 spiro atoms. The number of nitrogens with zero attached hydrogens (tertiary/aromatic N) is 2. The zero-order valence-electron chi connectivity index (χ0n) is 15.2. The van der Waals surface area contributed by atoms with Crippen LogP contribution in [0.5, 0.6) is 11.5 Å². The highest BCUT2D eigenvalue weighted by atomic mass is 127. The van der Waals surface area contributed by atoms with Gasteiger partial charge in [0.2, 0.25) is 0 Å². The molecule has 0 saturated heterocycles. The van der Waals surface area contributed by atoms with Crippen LogP contribution in [-0.2, 0) is 13.1 Å². The fraction of sp³-hybridized carbons (Fsp3) is 0.316. The molecule has 0 aliphatic carbocycles. The molecular weight excluding hydrogens is 429 g/mol. The summed E-state index contributed by atoms with van der Waals surface area (Å²) in [6, 6.07) is 16.0. The molecule has 0 aliphatic heterocycles. The van der Waals surface area contributed by atoms with Gasteiger partial charge in [0.1, 0.15) is 11.5 Å². The minimum Gasteiger partial charge on any atom is -0.496 e.